The van der Waals surface area contributed by atoms with Gasteiger partial charge in [0.05, 0.1) is 6.54 Å². The molecule has 3 N–H and O–H groups in total. The fraction of sp³-hybridized carbons (Fsp3) is 0.333. The zero-order chi connectivity index (χ0) is 13.6. The van der Waals surface area contributed by atoms with E-state index >= 15 is 0 Å². The maximum absolute atomic E-state index is 11.3. The number of carbonyl (C=O) groups excluding carboxylic acids is 1. The number of aliphatic carboxylic acids is 1. The van der Waals surface area contributed by atoms with Gasteiger partial charge in [-0.15, -0.1) is 0 Å². The zero-order valence-corrected chi connectivity index (χ0v) is 9.92. The average molecular weight is 253 g/mol. The van der Waals surface area contributed by atoms with Crippen molar-refractivity contribution in [2.45, 2.75) is 12.5 Å². The number of para-hydroxylation sites is 1. The van der Waals surface area contributed by atoms with Crippen LogP contribution in [-0.2, 0) is 9.59 Å². The van der Waals surface area contributed by atoms with Crippen LogP contribution in [0, 0.1) is 0 Å². The van der Waals surface area contributed by atoms with Gasteiger partial charge in [0.1, 0.15) is 5.75 Å². The minimum atomic E-state index is -1.98. The average Bonchev–Trinajstić information content (AvgIpc) is 2.35. The summed E-state index contributed by atoms with van der Waals surface area (Å²) in [6.07, 6.45) is 0. The number of amides is 1. The number of hydrogen-bond donors (Lipinski definition) is 3. The standard InChI is InChI=1S/C12H15NO5/c1-12(17,11(15)16)8-13-10(14)7-18-9-5-3-2-4-6-9/h2-6,17H,7-8H2,1H3,(H,13,14)(H,15,16). The van der Waals surface area contributed by atoms with Crippen LogP contribution in [0.5, 0.6) is 5.75 Å². The molecule has 0 spiro atoms. The summed E-state index contributed by atoms with van der Waals surface area (Å²) in [5, 5.41) is 20.3. The molecule has 6 heteroatoms. The summed E-state index contributed by atoms with van der Waals surface area (Å²) in [6, 6.07) is 8.74. The second kappa shape index (κ2) is 6.02. The van der Waals surface area contributed by atoms with Gasteiger partial charge in [0.25, 0.3) is 5.91 Å². The van der Waals surface area contributed by atoms with Gasteiger partial charge in [0.2, 0.25) is 0 Å². The molecule has 0 fully saturated rings. The van der Waals surface area contributed by atoms with E-state index in [1.807, 2.05) is 6.07 Å². The molecule has 0 aliphatic carbocycles. The zero-order valence-electron chi connectivity index (χ0n) is 9.92. The molecule has 0 saturated heterocycles. The number of hydrogen-bond acceptors (Lipinski definition) is 4. The third kappa shape index (κ3) is 4.42. The SMILES string of the molecule is CC(O)(CNC(=O)COc1ccccc1)C(=O)O. The quantitative estimate of drug-likeness (QED) is 0.664. The third-order valence-corrected chi connectivity index (χ3v) is 2.20. The molecule has 98 valence electrons. The van der Waals surface area contributed by atoms with Gasteiger partial charge in [-0.3, -0.25) is 4.79 Å². The first-order valence-electron chi connectivity index (χ1n) is 5.32. The minimum absolute atomic E-state index is 0.236. The largest absolute Gasteiger partial charge is 0.484 e. The lowest BCUT2D eigenvalue weighted by Crippen LogP contribution is -2.47. The molecule has 1 rings (SSSR count). The Bertz CT molecular complexity index is 416. The van der Waals surface area contributed by atoms with E-state index in [-0.39, 0.29) is 13.2 Å². The van der Waals surface area contributed by atoms with E-state index in [1.165, 1.54) is 0 Å². The van der Waals surface area contributed by atoms with Crippen molar-refractivity contribution in [3.8, 4) is 5.75 Å². The summed E-state index contributed by atoms with van der Waals surface area (Å²) in [4.78, 5) is 21.9. The van der Waals surface area contributed by atoms with Gasteiger partial charge in [0.15, 0.2) is 12.2 Å². The van der Waals surface area contributed by atoms with Crippen LogP contribution in [0.25, 0.3) is 0 Å². The first kappa shape index (κ1) is 14.0. The number of rotatable bonds is 6. The number of benzene rings is 1. The lowest BCUT2D eigenvalue weighted by atomic mass is 10.1. The summed E-state index contributed by atoms with van der Waals surface area (Å²) in [5.41, 5.74) is -1.98. The lowest BCUT2D eigenvalue weighted by molar-refractivity contribution is -0.156. The fourth-order valence-corrected chi connectivity index (χ4v) is 1.06. The normalized spacial score (nSPS) is 13.4. The Morgan fingerprint density at radius 2 is 1.94 bits per heavy atom. The summed E-state index contributed by atoms with van der Waals surface area (Å²) < 4.78 is 5.15. The Balaban J connectivity index is 2.33. The minimum Gasteiger partial charge on any atom is -0.484 e. The van der Waals surface area contributed by atoms with Crippen molar-refractivity contribution in [2.75, 3.05) is 13.2 Å². The van der Waals surface area contributed by atoms with E-state index in [1.54, 1.807) is 24.3 Å². The summed E-state index contributed by atoms with van der Waals surface area (Å²) in [5.74, 6) is -1.36. The summed E-state index contributed by atoms with van der Waals surface area (Å²) in [6.45, 7) is 0.493. The van der Waals surface area contributed by atoms with E-state index in [4.69, 9.17) is 9.84 Å². The number of ether oxygens (including phenoxy) is 1. The van der Waals surface area contributed by atoms with Crippen LogP contribution in [0.3, 0.4) is 0 Å². The number of carbonyl (C=O) groups is 2. The van der Waals surface area contributed by atoms with E-state index in [2.05, 4.69) is 5.32 Å². The lowest BCUT2D eigenvalue weighted by Gasteiger charge is -2.18. The van der Waals surface area contributed by atoms with E-state index in [0.29, 0.717) is 5.75 Å². The second-order valence-electron chi connectivity index (χ2n) is 3.96. The van der Waals surface area contributed by atoms with Crippen LogP contribution in [0.4, 0.5) is 0 Å². The molecule has 1 unspecified atom stereocenters. The fourth-order valence-electron chi connectivity index (χ4n) is 1.06. The van der Waals surface area contributed by atoms with Crippen molar-refractivity contribution in [3.63, 3.8) is 0 Å². The smallest absolute Gasteiger partial charge is 0.337 e. The molecule has 0 bridgehead atoms. The van der Waals surface area contributed by atoms with Gasteiger partial charge < -0.3 is 20.3 Å². The monoisotopic (exact) mass is 253 g/mol. The highest BCUT2D eigenvalue weighted by Crippen LogP contribution is 2.07. The van der Waals surface area contributed by atoms with Crippen LogP contribution < -0.4 is 10.1 Å². The molecule has 0 aliphatic rings. The van der Waals surface area contributed by atoms with Gasteiger partial charge in [0, 0.05) is 0 Å². The molecule has 0 radical (unpaired) electrons. The molecular formula is C12H15NO5. The van der Waals surface area contributed by atoms with Gasteiger partial charge >= 0.3 is 5.97 Å². The summed E-state index contributed by atoms with van der Waals surface area (Å²) in [7, 11) is 0. The van der Waals surface area contributed by atoms with Crippen molar-refractivity contribution in [1.82, 2.24) is 5.32 Å². The van der Waals surface area contributed by atoms with Gasteiger partial charge in [-0.1, -0.05) is 18.2 Å². The Morgan fingerprint density at radius 1 is 1.33 bits per heavy atom. The van der Waals surface area contributed by atoms with Crippen molar-refractivity contribution in [1.29, 1.82) is 0 Å². The topological polar surface area (TPSA) is 95.9 Å². The van der Waals surface area contributed by atoms with Crippen molar-refractivity contribution in [2.24, 2.45) is 0 Å². The van der Waals surface area contributed by atoms with Crippen LogP contribution in [0.1, 0.15) is 6.92 Å². The Kier molecular flexibility index (Phi) is 4.67. The highest BCUT2D eigenvalue weighted by Gasteiger charge is 2.30. The maximum Gasteiger partial charge on any atom is 0.337 e. The number of aliphatic hydroxyl groups is 1. The molecular weight excluding hydrogens is 238 g/mol. The predicted molar refractivity (Wildman–Crippen MR) is 63.2 cm³/mol. The first-order chi connectivity index (χ1) is 8.42. The molecule has 0 saturated carbocycles. The number of carboxylic acid groups (broad SMARTS) is 1. The van der Waals surface area contributed by atoms with Gasteiger partial charge in [-0.25, -0.2) is 4.79 Å². The Labute approximate surface area is 104 Å². The Hall–Kier alpha value is -2.08. The van der Waals surface area contributed by atoms with Crippen LogP contribution in [0.15, 0.2) is 30.3 Å². The molecule has 6 nitrogen and oxygen atoms in total. The van der Waals surface area contributed by atoms with Crippen LogP contribution in [0.2, 0.25) is 0 Å². The highest BCUT2D eigenvalue weighted by molar-refractivity contribution is 5.80. The van der Waals surface area contributed by atoms with E-state index < -0.39 is 17.5 Å². The van der Waals surface area contributed by atoms with E-state index in [0.717, 1.165) is 6.92 Å². The highest BCUT2D eigenvalue weighted by atomic mass is 16.5. The van der Waals surface area contributed by atoms with Crippen molar-refractivity contribution < 1.29 is 24.5 Å². The Morgan fingerprint density at radius 3 is 2.50 bits per heavy atom. The van der Waals surface area contributed by atoms with Gasteiger partial charge in [-0.05, 0) is 19.1 Å². The van der Waals surface area contributed by atoms with Crippen LogP contribution in [-0.4, -0.2) is 40.8 Å². The molecule has 18 heavy (non-hydrogen) atoms. The molecule has 1 atom stereocenters. The van der Waals surface area contributed by atoms with Crippen molar-refractivity contribution >= 4 is 11.9 Å². The predicted octanol–water partition coefficient (Wildman–Crippen LogP) is 0.0172. The van der Waals surface area contributed by atoms with E-state index in [9.17, 15) is 14.7 Å². The maximum atomic E-state index is 11.3. The molecule has 1 amide bonds. The number of nitrogens with one attached hydrogen (secondary N) is 1. The summed E-state index contributed by atoms with van der Waals surface area (Å²) >= 11 is 0. The third-order valence-electron chi connectivity index (χ3n) is 2.20. The molecule has 0 heterocycles. The second-order valence-corrected chi connectivity index (χ2v) is 3.96. The van der Waals surface area contributed by atoms with Crippen LogP contribution >= 0.6 is 0 Å². The molecule has 0 aromatic heterocycles. The number of carboxylic acids is 1. The molecule has 1 aromatic carbocycles. The first-order valence-corrected chi connectivity index (χ1v) is 5.32. The van der Waals surface area contributed by atoms with Crippen molar-refractivity contribution in [3.05, 3.63) is 30.3 Å². The molecule has 0 aliphatic heterocycles. The molecule has 1 aromatic rings. The van der Waals surface area contributed by atoms with Gasteiger partial charge in [-0.2, -0.15) is 0 Å².